The molecule has 1 rings (SSSR count). The van der Waals surface area contributed by atoms with Gasteiger partial charge in [-0.05, 0) is 13.8 Å². The van der Waals surface area contributed by atoms with Gasteiger partial charge < -0.3 is 15.5 Å². The smallest absolute Gasteiger partial charge is 0.317 e. The number of carbonyl (C=O) groups excluding carboxylic acids is 1. The van der Waals surface area contributed by atoms with Crippen LogP contribution >= 0.6 is 0 Å². The summed E-state index contributed by atoms with van der Waals surface area (Å²) in [5.41, 5.74) is 0. The second-order valence-corrected chi connectivity index (χ2v) is 3.08. The largest absolute Gasteiger partial charge is 0.338 e. The van der Waals surface area contributed by atoms with Crippen LogP contribution in [0.25, 0.3) is 0 Å². The number of nitrogens with one attached hydrogen (secondary N) is 2. The summed E-state index contributed by atoms with van der Waals surface area (Å²) in [6.45, 7) is 7.31. The number of hydrogen-bond acceptors (Lipinski definition) is 2. The van der Waals surface area contributed by atoms with Crippen LogP contribution in [0.5, 0.6) is 0 Å². The molecule has 0 unspecified atom stereocenters. The third kappa shape index (κ3) is 2.11. The quantitative estimate of drug-likeness (QED) is 0.583. The van der Waals surface area contributed by atoms with E-state index in [2.05, 4.69) is 17.6 Å². The summed E-state index contributed by atoms with van der Waals surface area (Å²) in [6.07, 6.45) is 0. The Kier molecular flexibility index (Phi) is 3.34. The Morgan fingerprint density at radius 1 is 1.75 bits per heavy atom. The summed E-state index contributed by atoms with van der Waals surface area (Å²) in [6, 6.07) is 0.372. The minimum atomic E-state index is 0.0616. The van der Waals surface area contributed by atoms with Crippen molar-refractivity contribution in [1.82, 2.24) is 15.5 Å². The van der Waals surface area contributed by atoms with Crippen molar-refractivity contribution in [2.24, 2.45) is 0 Å². The van der Waals surface area contributed by atoms with Crippen molar-refractivity contribution in [2.75, 3.05) is 26.2 Å². The predicted molar refractivity (Wildman–Crippen MR) is 48.1 cm³/mol. The standard InChI is InChI=1S/C8H17N3O/c1-3-10-8(12)11-5-4-9-6-7(11)2/h7,9H,3-6H2,1-2H3,(H,10,12)/t7-/m0/s1. The maximum Gasteiger partial charge on any atom is 0.317 e. The van der Waals surface area contributed by atoms with Gasteiger partial charge in [0.2, 0.25) is 0 Å². The van der Waals surface area contributed by atoms with Gasteiger partial charge in [-0.15, -0.1) is 0 Å². The molecule has 12 heavy (non-hydrogen) atoms. The lowest BCUT2D eigenvalue weighted by atomic mass is 10.2. The van der Waals surface area contributed by atoms with Crippen molar-refractivity contribution < 1.29 is 4.79 Å². The molecule has 0 aromatic heterocycles. The molecule has 4 nitrogen and oxygen atoms in total. The Balaban J connectivity index is 2.42. The molecule has 1 aliphatic rings. The number of rotatable bonds is 1. The first kappa shape index (κ1) is 9.32. The third-order valence-corrected chi connectivity index (χ3v) is 2.09. The minimum Gasteiger partial charge on any atom is -0.338 e. The van der Waals surface area contributed by atoms with Crippen LogP contribution in [0.4, 0.5) is 4.79 Å². The summed E-state index contributed by atoms with van der Waals surface area (Å²) in [5.74, 6) is 0. The summed E-state index contributed by atoms with van der Waals surface area (Å²) in [4.78, 5) is 13.3. The lowest BCUT2D eigenvalue weighted by Crippen LogP contribution is -2.55. The van der Waals surface area contributed by atoms with Gasteiger partial charge in [-0.2, -0.15) is 0 Å². The van der Waals surface area contributed by atoms with E-state index < -0.39 is 0 Å². The number of nitrogens with zero attached hydrogens (tertiary/aromatic N) is 1. The van der Waals surface area contributed by atoms with Crippen LogP contribution in [-0.4, -0.2) is 43.2 Å². The molecule has 0 aromatic carbocycles. The average molecular weight is 171 g/mol. The van der Waals surface area contributed by atoms with Crippen molar-refractivity contribution in [3.05, 3.63) is 0 Å². The summed E-state index contributed by atoms with van der Waals surface area (Å²) in [5, 5.41) is 6.04. The molecule has 1 saturated heterocycles. The molecule has 0 radical (unpaired) electrons. The number of urea groups is 1. The number of amides is 2. The maximum atomic E-state index is 11.4. The van der Waals surface area contributed by atoms with Crippen LogP contribution in [-0.2, 0) is 0 Å². The van der Waals surface area contributed by atoms with E-state index in [9.17, 15) is 4.79 Å². The van der Waals surface area contributed by atoms with E-state index in [0.29, 0.717) is 12.6 Å². The molecule has 4 heteroatoms. The molecule has 2 amide bonds. The van der Waals surface area contributed by atoms with Gasteiger partial charge in [-0.3, -0.25) is 0 Å². The highest BCUT2D eigenvalue weighted by Gasteiger charge is 2.21. The highest BCUT2D eigenvalue weighted by molar-refractivity contribution is 5.74. The number of carbonyl (C=O) groups is 1. The molecule has 0 aromatic rings. The number of hydrogen-bond donors (Lipinski definition) is 2. The molecule has 1 aliphatic heterocycles. The monoisotopic (exact) mass is 171 g/mol. The van der Waals surface area contributed by atoms with Gasteiger partial charge in [-0.1, -0.05) is 0 Å². The first-order valence-electron chi connectivity index (χ1n) is 4.51. The molecular weight excluding hydrogens is 154 g/mol. The molecule has 0 saturated carbocycles. The topological polar surface area (TPSA) is 44.4 Å². The highest BCUT2D eigenvalue weighted by Crippen LogP contribution is 2.01. The Labute approximate surface area is 73.3 Å². The van der Waals surface area contributed by atoms with Gasteiger partial charge in [0, 0.05) is 32.2 Å². The van der Waals surface area contributed by atoms with E-state index in [1.807, 2.05) is 11.8 Å². The van der Waals surface area contributed by atoms with Gasteiger partial charge in [0.25, 0.3) is 0 Å². The summed E-state index contributed by atoms with van der Waals surface area (Å²) >= 11 is 0. The van der Waals surface area contributed by atoms with Gasteiger partial charge in [0.1, 0.15) is 0 Å². The molecule has 1 atom stereocenters. The van der Waals surface area contributed by atoms with Crippen LogP contribution < -0.4 is 10.6 Å². The average Bonchev–Trinajstić information content (AvgIpc) is 2.05. The molecule has 70 valence electrons. The van der Waals surface area contributed by atoms with Crippen molar-refractivity contribution in [3.63, 3.8) is 0 Å². The fraction of sp³-hybridized carbons (Fsp3) is 0.875. The first-order chi connectivity index (χ1) is 5.75. The molecule has 1 heterocycles. The molecule has 2 N–H and O–H groups in total. The van der Waals surface area contributed by atoms with Crippen molar-refractivity contribution in [2.45, 2.75) is 19.9 Å². The maximum absolute atomic E-state index is 11.4. The predicted octanol–water partition coefficient (Wildman–Crippen LogP) is 0.00960. The van der Waals surface area contributed by atoms with E-state index in [1.54, 1.807) is 0 Å². The van der Waals surface area contributed by atoms with Crippen LogP contribution in [0.3, 0.4) is 0 Å². The Hall–Kier alpha value is -0.770. The fourth-order valence-electron chi connectivity index (χ4n) is 1.40. The molecule has 0 bridgehead atoms. The zero-order valence-corrected chi connectivity index (χ0v) is 7.76. The van der Waals surface area contributed by atoms with Crippen LogP contribution in [0.15, 0.2) is 0 Å². The second-order valence-electron chi connectivity index (χ2n) is 3.08. The van der Waals surface area contributed by atoms with Gasteiger partial charge in [-0.25, -0.2) is 4.79 Å². The molecular formula is C8H17N3O. The fourth-order valence-corrected chi connectivity index (χ4v) is 1.40. The molecule has 0 spiro atoms. The van der Waals surface area contributed by atoms with Crippen LogP contribution in [0.2, 0.25) is 0 Å². The first-order valence-corrected chi connectivity index (χ1v) is 4.51. The van der Waals surface area contributed by atoms with E-state index in [4.69, 9.17) is 0 Å². The second kappa shape index (κ2) is 4.30. The molecule has 1 fully saturated rings. The van der Waals surface area contributed by atoms with Crippen molar-refractivity contribution in [3.8, 4) is 0 Å². The van der Waals surface area contributed by atoms with Gasteiger partial charge in [0.05, 0.1) is 0 Å². The Bertz CT molecular complexity index is 160. The SMILES string of the molecule is CCNC(=O)N1CCNC[C@@H]1C. The molecule has 0 aliphatic carbocycles. The van der Waals surface area contributed by atoms with E-state index in [1.165, 1.54) is 0 Å². The number of piperazine rings is 1. The lowest BCUT2D eigenvalue weighted by molar-refractivity contribution is 0.165. The van der Waals surface area contributed by atoms with E-state index in [-0.39, 0.29) is 6.03 Å². The zero-order valence-electron chi connectivity index (χ0n) is 7.76. The van der Waals surface area contributed by atoms with Crippen LogP contribution in [0, 0.1) is 0 Å². The van der Waals surface area contributed by atoms with E-state index in [0.717, 1.165) is 19.6 Å². The Morgan fingerprint density at radius 3 is 3.08 bits per heavy atom. The van der Waals surface area contributed by atoms with Gasteiger partial charge >= 0.3 is 6.03 Å². The zero-order chi connectivity index (χ0) is 8.97. The lowest BCUT2D eigenvalue weighted by Gasteiger charge is -2.33. The summed E-state index contributed by atoms with van der Waals surface area (Å²) < 4.78 is 0. The third-order valence-electron chi connectivity index (χ3n) is 2.09. The van der Waals surface area contributed by atoms with Crippen molar-refractivity contribution >= 4 is 6.03 Å². The van der Waals surface area contributed by atoms with Crippen LogP contribution in [0.1, 0.15) is 13.8 Å². The van der Waals surface area contributed by atoms with Gasteiger partial charge in [0.15, 0.2) is 0 Å². The normalized spacial score (nSPS) is 23.8. The Morgan fingerprint density at radius 2 is 2.50 bits per heavy atom. The van der Waals surface area contributed by atoms with E-state index >= 15 is 0 Å². The van der Waals surface area contributed by atoms with Crippen molar-refractivity contribution in [1.29, 1.82) is 0 Å². The highest BCUT2D eigenvalue weighted by atomic mass is 16.2. The summed E-state index contributed by atoms with van der Waals surface area (Å²) in [7, 11) is 0. The minimum absolute atomic E-state index is 0.0616.